The number of anilines is 2. The van der Waals surface area contributed by atoms with Crippen LogP contribution in [0.25, 0.3) is 11.1 Å². The summed E-state index contributed by atoms with van der Waals surface area (Å²) in [6, 6.07) is 8.69. The number of carbonyl (C=O) groups is 1. The maximum Gasteiger partial charge on any atom is 0.417 e. The van der Waals surface area contributed by atoms with Crippen molar-refractivity contribution in [1.82, 2.24) is 9.97 Å². The third-order valence-electron chi connectivity index (χ3n) is 6.33. The molecule has 3 aromatic rings. The lowest BCUT2D eigenvalue weighted by molar-refractivity contribution is -0.137. The quantitative estimate of drug-likeness (QED) is 0.594. The summed E-state index contributed by atoms with van der Waals surface area (Å²) in [7, 11) is 0. The second-order valence-corrected chi connectivity index (χ2v) is 8.59. The van der Waals surface area contributed by atoms with Crippen molar-refractivity contribution < 1.29 is 22.7 Å². The lowest BCUT2D eigenvalue weighted by atomic mass is 9.95. The molecule has 0 saturated carbocycles. The molecule has 1 N–H and O–H groups in total. The average molecular weight is 468 g/mol. The molecule has 1 atom stereocenters. The van der Waals surface area contributed by atoms with Crippen molar-refractivity contribution in [3.8, 4) is 11.1 Å². The third-order valence-corrected chi connectivity index (χ3v) is 6.33. The van der Waals surface area contributed by atoms with Crippen LogP contribution in [0.15, 0.2) is 48.9 Å². The second kappa shape index (κ2) is 8.72. The number of carbonyl (C=O) groups excluding carboxylic acids is 1. The van der Waals surface area contributed by atoms with Gasteiger partial charge in [-0.05, 0) is 55.2 Å². The van der Waals surface area contributed by atoms with Gasteiger partial charge in [-0.2, -0.15) is 13.2 Å². The van der Waals surface area contributed by atoms with Crippen molar-refractivity contribution in [3.05, 3.63) is 71.3 Å². The Kier molecular flexibility index (Phi) is 5.73. The van der Waals surface area contributed by atoms with E-state index in [9.17, 15) is 18.0 Å². The molecule has 176 valence electrons. The van der Waals surface area contributed by atoms with Gasteiger partial charge in [-0.1, -0.05) is 6.07 Å². The summed E-state index contributed by atoms with van der Waals surface area (Å²) in [5.41, 5.74) is 4.34. The fraction of sp³-hybridized carbons (Fsp3) is 0.320. The van der Waals surface area contributed by atoms with Crippen molar-refractivity contribution >= 4 is 17.3 Å². The first kappa shape index (κ1) is 22.3. The van der Waals surface area contributed by atoms with Crippen LogP contribution in [0.3, 0.4) is 0 Å². The van der Waals surface area contributed by atoms with Gasteiger partial charge in [0.15, 0.2) is 0 Å². The Balaban J connectivity index is 1.42. The lowest BCUT2D eigenvalue weighted by Gasteiger charge is -2.41. The van der Waals surface area contributed by atoms with Crippen LogP contribution in [-0.2, 0) is 17.3 Å². The Labute approximate surface area is 194 Å². The van der Waals surface area contributed by atoms with Gasteiger partial charge in [0, 0.05) is 36.4 Å². The number of fused-ring (bicyclic) bond motifs is 3. The summed E-state index contributed by atoms with van der Waals surface area (Å²) in [5, 5.41) is 2.69. The molecule has 0 bridgehead atoms. The number of aromatic nitrogens is 2. The highest BCUT2D eigenvalue weighted by Gasteiger charge is 2.32. The molecule has 9 heteroatoms. The number of morpholine rings is 1. The number of alkyl halides is 3. The van der Waals surface area contributed by atoms with Gasteiger partial charge in [0.1, 0.15) is 0 Å². The minimum absolute atomic E-state index is 0.161. The molecule has 34 heavy (non-hydrogen) atoms. The number of hydrogen-bond donors (Lipinski definition) is 1. The number of halogens is 3. The van der Waals surface area contributed by atoms with Gasteiger partial charge in [0.05, 0.1) is 41.8 Å². The number of amides is 1. The maximum absolute atomic E-state index is 13.0. The first-order valence-corrected chi connectivity index (χ1v) is 11.1. The van der Waals surface area contributed by atoms with Crippen molar-refractivity contribution in [2.24, 2.45) is 0 Å². The molecule has 1 unspecified atom stereocenters. The van der Waals surface area contributed by atoms with Crippen LogP contribution in [0.4, 0.5) is 24.5 Å². The van der Waals surface area contributed by atoms with E-state index in [-0.39, 0.29) is 5.56 Å². The zero-order chi connectivity index (χ0) is 23.9. The maximum atomic E-state index is 13.0. The van der Waals surface area contributed by atoms with Crippen molar-refractivity contribution in [2.75, 3.05) is 30.0 Å². The van der Waals surface area contributed by atoms with Crippen LogP contribution < -0.4 is 10.2 Å². The van der Waals surface area contributed by atoms with E-state index in [1.165, 1.54) is 0 Å². The summed E-state index contributed by atoms with van der Waals surface area (Å²) in [4.78, 5) is 23.3. The van der Waals surface area contributed by atoms with Gasteiger partial charge in [-0.15, -0.1) is 0 Å². The molecule has 0 aliphatic carbocycles. The summed E-state index contributed by atoms with van der Waals surface area (Å²) in [6.07, 6.45) is 1.00. The molecule has 0 spiro atoms. The molecule has 1 amide bonds. The van der Waals surface area contributed by atoms with E-state index in [0.717, 1.165) is 59.7 Å². The van der Waals surface area contributed by atoms with Crippen molar-refractivity contribution in [1.29, 1.82) is 0 Å². The van der Waals surface area contributed by atoms with E-state index < -0.39 is 17.6 Å². The smallest absolute Gasteiger partial charge is 0.377 e. The summed E-state index contributed by atoms with van der Waals surface area (Å²) in [5.74, 6) is -0.659. The van der Waals surface area contributed by atoms with E-state index in [4.69, 9.17) is 9.72 Å². The first-order chi connectivity index (χ1) is 16.3. The highest BCUT2D eigenvalue weighted by atomic mass is 19.4. The zero-order valence-corrected chi connectivity index (χ0v) is 18.5. The van der Waals surface area contributed by atoms with Crippen LogP contribution in [0.2, 0.25) is 0 Å². The monoisotopic (exact) mass is 468 g/mol. The molecule has 2 aromatic heterocycles. The van der Waals surface area contributed by atoms with Gasteiger partial charge >= 0.3 is 6.18 Å². The number of hydrogen-bond acceptors (Lipinski definition) is 5. The van der Waals surface area contributed by atoms with Crippen molar-refractivity contribution in [2.45, 2.75) is 32.0 Å². The molecule has 6 nitrogen and oxygen atoms in total. The first-order valence-electron chi connectivity index (χ1n) is 11.1. The number of benzene rings is 1. The van der Waals surface area contributed by atoms with Gasteiger partial charge in [-0.25, -0.2) is 0 Å². The molecule has 4 heterocycles. The predicted octanol–water partition coefficient (Wildman–Crippen LogP) is 4.87. The lowest BCUT2D eigenvalue weighted by Crippen LogP contribution is -2.48. The molecule has 1 fully saturated rings. The molecule has 1 saturated heterocycles. The number of aryl methyl sites for hydroxylation is 2. The van der Waals surface area contributed by atoms with Gasteiger partial charge in [-0.3, -0.25) is 14.8 Å². The Bertz CT molecular complexity index is 1250. The average Bonchev–Trinajstić information content (AvgIpc) is 2.84. The number of rotatable bonds is 3. The van der Waals surface area contributed by atoms with Crippen molar-refractivity contribution in [3.63, 3.8) is 0 Å². The number of nitrogens with one attached hydrogen (secondary N) is 1. The van der Waals surface area contributed by atoms with E-state index in [1.807, 2.05) is 25.3 Å². The van der Waals surface area contributed by atoms with E-state index in [0.29, 0.717) is 31.1 Å². The summed E-state index contributed by atoms with van der Waals surface area (Å²) >= 11 is 0. The Hall–Kier alpha value is -3.46. The van der Waals surface area contributed by atoms with Gasteiger partial charge < -0.3 is 15.0 Å². The van der Waals surface area contributed by atoms with Crippen LogP contribution in [0, 0.1) is 6.92 Å². The summed E-state index contributed by atoms with van der Waals surface area (Å²) < 4.78 is 44.6. The second-order valence-electron chi connectivity index (χ2n) is 8.59. The predicted molar refractivity (Wildman–Crippen MR) is 122 cm³/mol. The van der Waals surface area contributed by atoms with E-state index >= 15 is 0 Å². The Morgan fingerprint density at radius 2 is 2.03 bits per heavy atom. The molecule has 1 aromatic carbocycles. The summed E-state index contributed by atoms with van der Waals surface area (Å²) in [6.45, 7) is 4.19. The number of ether oxygens (including phenoxy) is 1. The van der Waals surface area contributed by atoms with Gasteiger partial charge in [0.2, 0.25) is 0 Å². The van der Waals surface area contributed by atoms with Crippen LogP contribution in [-0.4, -0.2) is 41.7 Å². The standard InChI is InChI=1S/C25H23F3N4O2/c1-15-2-3-19(31-24(33)17-8-18(13-29-11-17)25(26,27)28)10-21(15)16-9-23-22(30-12-16)5-4-20-14-34-7-6-32(20)23/h2-3,8-13,20H,4-7,14H2,1H3,(H,31,33). The highest BCUT2D eigenvalue weighted by molar-refractivity contribution is 6.04. The number of nitrogens with zero attached hydrogens (tertiary/aromatic N) is 3. The van der Waals surface area contributed by atoms with Gasteiger partial charge in [0.25, 0.3) is 5.91 Å². The third kappa shape index (κ3) is 4.35. The highest BCUT2D eigenvalue weighted by Crippen LogP contribution is 2.36. The Morgan fingerprint density at radius 1 is 1.18 bits per heavy atom. The molecule has 2 aliphatic heterocycles. The fourth-order valence-corrected chi connectivity index (χ4v) is 4.52. The van der Waals surface area contributed by atoms with Crippen LogP contribution >= 0.6 is 0 Å². The van der Waals surface area contributed by atoms with Crippen LogP contribution in [0.1, 0.15) is 33.6 Å². The largest absolute Gasteiger partial charge is 0.417 e. The fourth-order valence-electron chi connectivity index (χ4n) is 4.52. The zero-order valence-electron chi connectivity index (χ0n) is 18.5. The molecule has 5 rings (SSSR count). The van der Waals surface area contributed by atoms with E-state index in [2.05, 4.69) is 21.3 Å². The van der Waals surface area contributed by atoms with E-state index in [1.54, 1.807) is 6.07 Å². The Morgan fingerprint density at radius 3 is 2.85 bits per heavy atom. The molecule has 2 aliphatic rings. The normalized spacial score (nSPS) is 17.6. The topological polar surface area (TPSA) is 67.4 Å². The minimum Gasteiger partial charge on any atom is -0.377 e. The molecule has 0 radical (unpaired) electrons. The van der Waals surface area contributed by atoms with Crippen LogP contribution in [0.5, 0.6) is 0 Å². The number of pyridine rings is 2. The SMILES string of the molecule is Cc1ccc(NC(=O)c2cncc(C(F)(F)F)c2)cc1-c1cnc2c(c1)N1CCOCC1CC2. The molecular weight excluding hydrogens is 445 g/mol. The molecular formula is C25H23F3N4O2. The minimum atomic E-state index is -4.57.